The largest absolute Gasteiger partial charge is 0.867 e. The lowest BCUT2D eigenvalue weighted by molar-refractivity contribution is -0.577. The van der Waals surface area contributed by atoms with Crippen molar-refractivity contribution in [2.75, 3.05) is 5.32 Å². The molecule has 2 aromatic carbocycles. The zero-order chi connectivity index (χ0) is 18.5. The molecule has 0 aliphatic carbocycles. The number of hydrogen-bond acceptors (Lipinski definition) is 2. The van der Waals surface area contributed by atoms with Crippen molar-refractivity contribution in [3.8, 4) is 0 Å². The first-order chi connectivity index (χ1) is 12.6. The molecule has 0 aliphatic heterocycles. The second-order valence-corrected chi connectivity index (χ2v) is 5.81. The Kier molecular flexibility index (Phi) is 5.34. The van der Waals surface area contributed by atoms with Crippen molar-refractivity contribution in [2.45, 2.75) is 0 Å². The van der Waals surface area contributed by atoms with E-state index in [4.69, 9.17) is 12.2 Å². The number of hydrogen-bond donors (Lipinski definition) is 1. The van der Waals surface area contributed by atoms with Gasteiger partial charge in [-0.1, -0.05) is 42.5 Å². The summed E-state index contributed by atoms with van der Waals surface area (Å²) in [6.07, 6.45) is 3.32. The van der Waals surface area contributed by atoms with Gasteiger partial charge in [0.1, 0.15) is 11.6 Å². The van der Waals surface area contributed by atoms with Crippen LogP contribution in [-0.2, 0) is 0 Å². The SMILES string of the molecule is [O-]C(=C(C(=S)Nc1ccccc1F)[n+]1ccccc1)c1ccc(F)cc1. The molecule has 1 N–H and O–H groups in total. The van der Waals surface area contributed by atoms with Gasteiger partial charge in [0.25, 0.3) is 0 Å². The first-order valence-corrected chi connectivity index (χ1v) is 8.17. The number of benzene rings is 2. The summed E-state index contributed by atoms with van der Waals surface area (Å²) in [6.45, 7) is 0. The fourth-order valence-electron chi connectivity index (χ4n) is 2.37. The number of nitrogens with one attached hydrogen (secondary N) is 1. The van der Waals surface area contributed by atoms with Gasteiger partial charge >= 0.3 is 0 Å². The lowest BCUT2D eigenvalue weighted by Crippen LogP contribution is -2.39. The minimum absolute atomic E-state index is 0.0561. The standard InChI is InChI=1S/C20H14F2N2OS/c21-15-10-8-14(9-11-15)19(25)18(24-12-4-1-5-13-24)20(26)23-17-7-3-2-6-16(17)22/h1-13H,(H-,23,25,26). The molecule has 0 spiro atoms. The summed E-state index contributed by atoms with van der Waals surface area (Å²) >= 11 is 5.37. The van der Waals surface area contributed by atoms with E-state index in [1.54, 1.807) is 47.3 Å². The van der Waals surface area contributed by atoms with Crippen molar-refractivity contribution < 1.29 is 18.5 Å². The number of pyridine rings is 1. The average molecular weight is 368 g/mol. The summed E-state index contributed by atoms with van der Waals surface area (Å²) in [6, 6.07) is 16.5. The highest BCUT2D eigenvalue weighted by atomic mass is 32.1. The second-order valence-electron chi connectivity index (χ2n) is 5.40. The van der Waals surface area contributed by atoms with Crippen molar-refractivity contribution in [3.63, 3.8) is 0 Å². The third kappa shape index (κ3) is 3.92. The van der Waals surface area contributed by atoms with E-state index in [0.29, 0.717) is 0 Å². The first-order valence-electron chi connectivity index (χ1n) is 7.76. The zero-order valence-corrected chi connectivity index (χ0v) is 14.3. The third-order valence-electron chi connectivity index (χ3n) is 3.63. The Morgan fingerprint density at radius 1 is 0.885 bits per heavy atom. The molecule has 6 heteroatoms. The maximum absolute atomic E-state index is 13.9. The summed E-state index contributed by atoms with van der Waals surface area (Å²) in [7, 11) is 0. The Bertz CT molecular complexity index is 957. The molecular formula is C20H14F2N2OS. The van der Waals surface area contributed by atoms with Crippen molar-refractivity contribution in [1.29, 1.82) is 0 Å². The molecule has 130 valence electrons. The molecule has 0 aliphatic rings. The van der Waals surface area contributed by atoms with E-state index in [1.165, 1.54) is 36.4 Å². The quantitative estimate of drug-likeness (QED) is 0.332. The number of thiocarbonyl (C=S) groups is 1. The molecule has 0 saturated heterocycles. The van der Waals surface area contributed by atoms with Crippen LogP contribution in [0.25, 0.3) is 11.5 Å². The van der Waals surface area contributed by atoms with Gasteiger partial charge in [-0.15, -0.1) is 0 Å². The smallest absolute Gasteiger partial charge is 0.238 e. The molecule has 3 rings (SSSR count). The molecule has 0 saturated carbocycles. The van der Waals surface area contributed by atoms with Crippen LogP contribution in [0, 0.1) is 11.6 Å². The maximum atomic E-state index is 13.9. The van der Waals surface area contributed by atoms with Crippen LogP contribution in [0.3, 0.4) is 0 Å². The Hall–Kier alpha value is -3.12. The monoisotopic (exact) mass is 368 g/mol. The van der Waals surface area contributed by atoms with Gasteiger partial charge in [-0.25, -0.2) is 8.78 Å². The van der Waals surface area contributed by atoms with Gasteiger partial charge < -0.3 is 10.4 Å². The number of nitrogens with zero attached hydrogens (tertiary/aromatic N) is 1. The van der Waals surface area contributed by atoms with Crippen molar-refractivity contribution in [1.82, 2.24) is 0 Å². The van der Waals surface area contributed by atoms with E-state index in [1.807, 2.05) is 0 Å². The van der Waals surface area contributed by atoms with Gasteiger partial charge in [0.15, 0.2) is 17.4 Å². The molecule has 0 bridgehead atoms. The average Bonchev–Trinajstić information content (AvgIpc) is 2.65. The van der Waals surface area contributed by atoms with E-state index in [2.05, 4.69) is 5.32 Å². The Balaban J connectivity index is 2.06. The van der Waals surface area contributed by atoms with E-state index in [-0.39, 0.29) is 21.9 Å². The minimum atomic E-state index is -0.485. The van der Waals surface area contributed by atoms with Crippen LogP contribution in [0.15, 0.2) is 79.1 Å². The molecule has 26 heavy (non-hydrogen) atoms. The van der Waals surface area contributed by atoms with Crippen molar-refractivity contribution in [3.05, 3.63) is 96.3 Å². The lowest BCUT2D eigenvalue weighted by Gasteiger charge is -2.17. The van der Waals surface area contributed by atoms with Gasteiger partial charge in [-0.2, -0.15) is 4.57 Å². The number of halogens is 2. The van der Waals surface area contributed by atoms with Crippen LogP contribution in [0.1, 0.15) is 5.56 Å². The summed E-state index contributed by atoms with van der Waals surface area (Å²) in [5, 5.41) is 15.7. The van der Waals surface area contributed by atoms with Gasteiger partial charge in [0, 0.05) is 12.1 Å². The summed E-state index contributed by atoms with van der Waals surface area (Å²) < 4.78 is 28.6. The van der Waals surface area contributed by atoms with Crippen LogP contribution in [-0.4, -0.2) is 4.99 Å². The predicted octanol–water partition coefficient (Wildman–Crippen LogP) is 3.38. The number of rotatable bonds is 4. The molecule has 3 aromatic rings. The molecule has 0 atom stereocenters. The number of anilines is 1. The van der Waals surface area contributed by atoms with Gasteiger partial charge in [0.2, 0.25) is 5.70 Å². The Morgan fingerprint density at radius 3 is 2.19 bits per heavy atom. The molecule has 1 heterocycles. The fraction of sp³-hybridized carbons (Fsp3) is 0. The van der Waals surface area contributed by atoms with E-state index in [9.17, 15) is 13.9 Å². The van der Waals surface area contributed by atoms with Gasteiger partial charge in [-0.05, 0) is 35.6 Å². The fourth-order valence-corrected chi connectivity index (χ4v) is 2.68. The normalized spacial score (nSPS) is 11.6. The molecule has 0 unspecified atom stereocenters. The second kappa shape index (κ2) is 7.84. The Labute approximate surface area is 154 Å². The molecule has 1 aromatic heterocycles. The molecule has 0 amide bonds. The third-order valence-corrected chi connectivity index (χ3v) is 3.93. The predicted molar refractivity (Wildman–Crippen MR) is 98.8 cm³/mol. The Morgan fingerprint density at radius 2 is 1.54 bits per heavy atom. The van der Waals surface area contributed by atoms with Crippen LogP contribution in [0.2, 0.25) is 0 Å². The minimum Gasteiger partial charge on any atom is -0.867 e. The first kappa shape index (κ1) is 17.7. The van der Waals surface area contributed by atoms with E-state index >= 15 is 0 Å². The van der Waals surface area contributed by atoms with Crippen LogP contribution in [0.5, 0.6) is 0 Å². The zero-order valence-electron chi connectivity index (χ0n) is 13.5. The summed E-state index contributed by atoms with van der Waals surface area (Å²) in [5.74, 6) is -1.33. The van der Waals surface area contributed by atoms with E-state index in [0.717, 1.165) is 0 Å². The van der Waals surface area contributed by atoms with Gasteiger partial charge in [0.05, 0.1) is 5.69 Å². The van der Waals surface area contributed by atoms with Crippen LogP contribution < -0.4 is 15.0 Å². The van der Waals surface area contributed by atoms with Crippen molar-refractivity contribution >= 4 is 34.3 Å². The topological polar surface area (TPSA) is 39.0 Å². The van der Waals surface area contributed by atoms with Crippen LogP contribution >= 0.6 is 12.2 Å². The lowest BCUT2D eigenvalue weighted by atomic mass is 10.1. The van der Waals surface area contributed by atoms with E-state index < -0.39 is 17.4 Å². The number of aromatic nitrogens is 1. The number of para-hydroxylation sites is 1. The highest BCUT2D eigenvalue weighted by Gasteiger charge is 2.19. The highest BCUT2D eigenvalue weighted by Crippen LogP contribution is 2.19. The highest BCUT2D eigenvalue weighted by molar-refractivity contribution is 7.81. The molecule has 3 nitrogen and oxygen atoms in total. The summed E-state index contributed by atoms with van der Waals surface area (Å²) in [4.78, 5) is 0.0561. The summed E-state index contributed by atoms with van der Waals surface area (Å²) in [5.41, 5.74) is 0.573. The van der Waals surface area contributed by atoms with Gasteiger partial charge in [-0.3, -0.25) is 0 Å². The van der Waals surface area contributed by atoms with Crippen molar-refractivity contribution in [2.24, 2.45) is 0 Å². The maximum Gasteiger partial charge on any atom is 0.238 e. The molecule has 0 radical (unpaired) electrons. The van der Waals surface area contributed by atoms with Crippen LogP contribution in [0.4, 0.5) is 14.5 Å². The molecule has 0 fully saturated rings. The molecular weight excluding hydrogens is 354 g/mol.